The second kappa shape index (κ2) is 6.90. The summed E-state index contributed by atoms with van der Waals surface area (Å²) < 4.78 is 39.8. The average molecular weight is 346 g/mol. The summed E-state index contributed by atoms with van der Waals surface area (Å²) in [6.45, 7) is -0.612. The Labute approximate surface area is 140 Å². The van der Waals surface area contributed by atoms with E-state index in [1.165, 1.54) is 0 Å². The number of aromatic nitrogens is 1. The van der Waals surface area contributed by atoms with Crippen LogP contribution in [0.3, 0.4) is 0 Å². The van der Waals surface area contributed by atoms with Crippen LogP contribution in [0.5, 0.6) is 0 Å². The van der Waals surface area contributed by atoms with Gasteiger partial charge in [-0.15, -0.1) is 0 Å². The molecule has 1 heterocycles. The van der Waals surface area contributed by atoms with Crippen molar-refractivity contribution >= 4 is 16.8 Å². The second-order valence-corrected chi connectivity index (χ2v) is 5.38. The minimum absolute atomic E-state index is 0.0781. The smallest absolute Gasteiger partial charge is 0.252 e. The van der Waals surface area contributed by atoms with E-state index in [1.807, 2.05) is 0 Å². The molecule has 1 amide bonds. The monoisotopic (exact) mass is 346 g/mol. The molecule has 3 rings (SSSR count). The standard InChI is InChI=1S/C18H13F3N2O2/c19-13-7-10(8-14(20)17(13)21)16(9-24)23-18(25)12-3-1-5-15-11(12)4-2-6-22-15/h1-8,16,24H,9H2,(H,23,25). The number of amides is 1. The summed E-state index contributed by atoms with van der Waals surface area (Å²) in [5.74, 6) is -4.94. The zero-order chi connectivity index (χ0) is 18.0. The topological polar surface area (TPSA) is 62.2 Å². The molecule has 0 radical (unpaired) electrons. The number of halogens is 3. The zero-order valence-electron chi connectivity index (χ0n) is 12.8. The molecule has 4 nitrogen and oxygen atoms in total. The summed E-state index contributed by atoms with van der Waals surface area (Å²) in [6, 6.07) is 8.73. The van der Waals surface area contributed by atoms with Gasteiger partial charge in [0, 0.05) is 17.1 Å². The number of aliphatic hydroxyl groups is 1. The highest BCUT2D eigenvalue weighted by Crippen LogP contribution is 2.21. The fraction of sp³-hybridized carbons (Fsp3) is 0.111. The third-order valence-corrected chi connectivity index (χ3v) is 3.79. The number of nitrogens with zero attached hydrogens (tertiary/aromatic N) is 1. The van der Waals surface area contributed by atoms with Crippen molar-refractivity contribution in [2.24, 2.45) is 0 Å². The Balaban J connectivity index is 1.92. The van der Waals surface area contributed by atoms with Crippen LogP contribution in [0.15, 0.2) is 48.7 Å². The molecule has 0 aliphatic carbocycles. The largest absolute Gasteiger partial charge is 0.394 e. The number of carbonyl (C=O) groups is 1. The first-order valence-electron chi connectivity index (χ1n) is 7.41. The summed E-state index contributed by atoms with van der Waals surface area (Å²) in [6.07, 6.45) is 1.59. The Hall–Kier alpha value is -2.93. The SMILES string of the molecule is O=C(NC(CO)c1cc(F)c(F)c(F)c1)c1cccc2ncccc12. The average Bonchev–Trinajstić information content (AvgIpc) is 2.63. The van der Waals surface area contributed by atoms with Gasteiger partial charge >= 0.3 is 0 Å². The Morgan fingerprint density at radius 3 is 2.52 bits per heavy atom. The number of rotatable bonds is 4. The molecule has 0 fully saturated rings. The molecule has 7 heteroatoms. The number of fused-ring (bicyclic) bond motifs is 1. The van der Waals surface area contributed by atoms with E-state index >= 15 is 0 Å². The van der Waals surface area contributed by atoms with Crippen LogP contribution in [-0.2, 0) is 0 Å². The molecule has 0 saturated carbocycles. The van der Waals surface area contributed by atoms with Crippen LogP contribution in [0.1, 0.15) is 22.0 Å². The summed E-state index contributed by atoms with van der Waals surface area (Å²) in [5.41, 5.74) is 0.826. The van der Waals surface area contributed by atoms with E-state index in [4.69, 9.17) is 0 Å². The summed E-state index contributed by atoms with van der Waals surface area (Å²) >= 11 is 0. The molecule has 0 aliphatic heterocycles. The quantitative estimate of drug-likeness (QED) is 0.714. The van der Waals surface area contributed by atoms with Gasteiger partial charge in [0.05, 0.1) is 18.2 Å². The maximum Gasteiger partial charge on any atom is 0.252 e. The lowest BCUT2D eigenvalue weighted by Gasteiger charge is -2.18. The summed E-state index contributed by atoms with van der Waals surface area (Å²) in [5, 5.41) is 12.6. The molecule has 25 heavy (non-hydrogen) atoms. The van der Waals surface area contributed by atoms with E-state index in [9.17, 15) is 23.1 Å². The Morgan fingerprint density at radius 2 is 1.84 bits per heavy atom. The maximum atomic E-state index is 13.4. The first-order valence-corrected chi connectivity index (χ1v) is 7.41. The fourth-order valence-electron chi connectivity index (χ4n) is 2.55. The number of hydrogen-bond donors (Lipinski definition) is 2. The number of carbonyl (C=O) groups excluding carboxylic acids is 1. The van der Waals surface area contributed by atoms with Gasteiger partial charge in [0.15, 0.2) is 17.5 Å². The van der Waals surface area contributed by atoms with Crippen molar-refractivity contribution in [3.05, 3.63) is 77.2 Å². The molecule has 1 aromatic heterocycles. The lowest BCUT2D eigenvalue weighted by Crippen LogP contribution is -2.31. The van der Waals surface area contributed by atoms with Crippen molar-refractivity contribution in [1.29, 1.82) is 0 Å². The van der Waals surface area contributed by atoms with Crippen LogP contribution in [0, 0.1) is 17.5 Å². The minimum Gasteiger partial charge on any atom is -0.394 e. The van der Waals surface area contributed by atoms with Crippen molar-refractivity contribution in [3.8, 4) is 0 Å². The van der Waals surface area contributed by atoms with Gasteiger partial charge in [-0.05, 0) is 35.9 Å². The summed E-state index contributed by atoms with van der Waals surface area (Å²) in [4.78, 5) is 16.7. The first-order chi connectivity index (χ1) is 12.0. The Kier molecular flexibility index (Phi) is 4.67. The lowest BCUT2D eigenvalue weighted by molar-refractivity contribution is 0.0917. The normalized spacial score (nSPS) is 12.2. The van der Waals surface area contributed by atoms with Crippen LogP contribution >= 0.6 is 0 Å². The van der Waals surface area contributed by atoms with Gasteiger partial charge in [-0.25, -0.2) is 13.2 Å². The molecule has 2 N–H and O–H groups in total. The van der Waals surface area contributed by atoms with E-state index in [1.54, 1.807) is 36.5 Å². The van der Waals surface area contributed by atoms with E-state index in [2.05, 4.69) is 10.3 Å². The highest BCUT2D eigenvalue weighted by molar-refractivity contribution is 6.06. The van der Waals surface area contributed by atoms with Gasteiger partial charge in [-0.3, -0.25) is 9.78 Å². The molecule has 128 valence electrons. The van der Waals surface area contributed by atoms with Crippen LogP contribution in [0.2, 0.25) is 0 Å². The van der Waals surface area contributed by atoms with Gasteiger partial charge in [0.25, 0.3) is 5.91 Å². The zero-order valence-corrected chi connectivity index (χ0v) is 12.8. The van der Waals surface area contributed by atoms with Crippen LogP contribution in [0.4, 0.5) is 13.2 Å². The third-order valence-electron chi connectivity index (χ3n) is 3.79. The number of benzene rings is 2. The summed E-state index contributed by atoms with van der Waals surface area (Å²) in [7, 11) is 0. The van der Waals surface area contributed by atoms with Gasteiger partial charge in [-0.2, -0.15) is 0 Å². The van der Waals surface area contributed by atoms with Crippen molar-refractivity contribution in [1.82, 2.24) is 10.3 Å². The molecule has 1 unspecified atom stereocenters. The fourth-order valence-corrected chi connectivity index (χ4v) is 2.55. The molecule has 3 aromatic rings. The van der Waals surface area contributed by atoms with Gasteiger partial charge < -0.3 is 10.4 Å². The predicted octanol–water partition coefficient (Wildman–Crippen LogP) is 3.12. The van der Waals surface area contributed by atoms with Crippen LogP contribution in [0.25, 0.3) is 10.9 Å². The first kappa shape index (κ1) is 16.9. The van der Waals surface area contributed by atoms with Crippen molar-refractivity contribution in [3.63, 3.8) is 0 Å². The van der Waals surface area contributed by atoms with Crippen molar-refractivity contribution in [2.75, 3.05) is 6.61 Å². The van der Waals surface area contributed by atoms with Gasteiger partial charge in [-0.1, -0.05) is 12.1 Å². The molecule has 2 aromatic carbocycles. The molecule has 0 aliphatic rings. The van der Waals surface area contributed by atoms with E-state index in [-0.39, 0.29) is 5.56 Å². The Bertz CT molecular complexity index is 918. The Morgan fingerprint density at radius 1 is 1.12 bits per heavy atom. The molecular weight excluding hydrogens is 333 g/mol. The molecule has 0 spiro atoms. The van der Waals surface area contributed by atoms with E-state index in [0.29, 0.717) is 16.5 Å². The number of nitrogens with one attached hydrogen (secondary N) is 1. The molecule has 1 atom stereocenters. The lowest BCUT2D eigenvalue weighted by atomic mass is 10.0. The maximum absolute atomic E-state index is 13.4. The molecule has 0 bridgehead atoms. The van der Waals surface area contributed by atoms with E-state index in [0.717, 1.165) is 12.1 Å². The number of hydrogen-bond acceptors (Lipinski definition) is 3. The van der Waals surface area contributed by atoms with Crippen LogP contribution in [-0.4, -0.2) is 22.6 Å². The minimum atomic E-state index is -1.60. The van der Waals surface area contributed by atoms with Crippen LogP contribution < -0.4 is 5.32 Å². The molecule has 0 saturated heterocycles. The predicted molar refractivity (Wildman–Crippen MR) is 85.4 cm³/mol. The number of aliphatic hydroxyl groups excluding tert-OH is 1. The molecular formula is C18H13F3N2O2. The van der Waals surface area contributed by atoms with E-state index < -0.39 is 36.0 Å². The highest BCUT2D eigenvalue weighted by Gasteiger charge is 2.20. The third kappa shape index (κ3) is 3.32. The van der Waals surface area contributed by atoms with Gasteiger partial charge in [0.2, 0.25) is 0 Å². The van der Waals surface area contributed by atoms with Gasteiger partial charge in [0.1, 0.15) is 0 Å². The number of pyridine rings is 1. The van der Waals surface area contributed by atoms with Crippen molar-refractivity contribution in [2.45, 2.75) is 6.04 Å². The highest BCUT2D eigenvalue weighted by atomic mass is 19.2. The van der Waals surface area contributed by atoms with Crippen molar-refractivity contribution < 1.29 is 23.1 Å². The second-order valence-electron chi connectivity index (χ2n) is 5.38.